The summed E-state index contributed by atoms with van der Waals surface area (Å²) in [6.07, 6.45) is 4.50. The quantitative estimate of drug-likeness (QED) is 0.728. The first-order valence-electron chi connectivity index (χ1n) is 7.90. The Bertz CT molecular complexity index is 556. The van der Waals surface area contributed by atoms with E-state index >= 15 is 0 Å². The first-order valence-corrected chi connectivity index (χ1v) is 9.30. The van der Waals surface area contributed by atoms with E-state index in [0.717, 1.165) is 31.4 Å². The molecular weight excluding hydrogens is 302 g/mol. The number of piperidine rings is 2. The zero-order valence-electron chi connectivity index (χ0n) is 13.9. The molecule has 2 rings (SSSR count). The molecule has 0 spiro atoms. The van der Waals surface area contributed by atoms with Crippen molar-refractivity contribution in [2.45, 2.75) is 39.2 Å². The second kappa shape index (κ2) is 6.68. The monoisotopic (exact) mass is 329 g/mol. The van der Waals surface area contributed by atoms with E-state index in [2.05, 4.69) is 0 Å². The smallest absolute Gasteiger partial charge is 0.281 e. The summed E-state index contributed by atoms with van der Waals surface area (Å²) in [5.74, 6) is 0.340. The molecule has 0 unspecified atom stereocenters. The molecule has 0 saturated carbocycles. The van der Waals surface area contributed by atoms with Crippen molar-refractivity contribution in [1.82, 2.24) is 13.5 Å². The third-order valence-electron chi connectivity index (χ3n) is 4.85. The molecule has 1 amide bonds. The van der Waals surface area contributed by atoms with E-state index < -0.39 is 10.2 Å². The zero-order valence-corrected chi connectivity index (χ0v) is 14.8. The van der Waals surface area contributed by atoms with Crippen molar-refractivity contribution >= 4 is 16.1 Å². The number of likely N-dealkylation sites (tertiary alicyclic amines) is 1. The summed E-state index contributed by atoms with van der Waals surface area (Å²) in [7, 11) is -0.231. The molecule has 2 aliphatic rings. The molecule has 2 aliphatic heterocycles. The SMILES string of the molecule is C/C=C(\C)C(=O)N1CCC[C@H]2CN(S(=O)(=O)N(C)C)CC[C@H]21. The number of hydrogen-bond acceptors (Lipinski definition) is 3. The largest absolute Gasteiger partial charge is 0.336 e. The minimum absolute atomic E-state index is 0.0983. The van der Waals surface area contributed by atoms with Crippen LogP contribution in [0.3, 0.4) is 0 Å². The van der Waals surface area contributed by atoms with Gasteiger partial charge in [-0.15, -0.1) is 0 Å². The van der Waals surface area contributed by atoms with E-state index in [0.29, 0.717) is 13.1 Å². The van der Waals surface area contributed by atoms with E-state index in [1.807, 2.05) is 24.8 Å². The molecule has 0 bridgehead atoms. The lowest BCUT2D eigenvalue weighted by Crippen LogP contribution is -2.57. The molecule has 2 saturated heterocycles. The van der Waals surface area contributed by atoms with E-state index in [1.165, 1.54) is 4.31 Å². The zero-order chi connectivity index (χ0) is 16.5. The van der Waals surface area contributed by atoms with Gasteiger partial charge in [-0.25, -0.2) is 0 Å². The van der Waals surface area contributed by atoms with Gasteiger partial charge >= 0.3 is 0 Å². The second-order valence-electron chi connectivity index (χ2n) is 6.38. The Labute approximate surface area is 133 Å². The molecule has 0 radical (unpaired) electrons. The van der Waals surface area contributed by atoms with Crippen LogP contribution in [-0.4, -0.2) is 67.6 Å². The predicted molar refractivity (Wildman–Crippen MR) is 86.5 cm³/mol. The highest BCUT2D eigenvalue weighted by molar-refractivity contribution is 7.86. The van der Waals surface area contributed by atoms with Gasteiger partial charge in [0.1, 0.15) is 0 Å². The maximum atomic E-state index is 12.5. The number of carbonyl (C=O) groups is 1. The van der Waals surface area contributed by atoms with Crippen LogP contribution < -0.4 is 0 Å². The highest BCUT2D eigenvalue weighted by Crippen LogP contribution is 2.32. The molecule has 0 N–H and O–H groups in total. The van der Waals surface area contributed by atoms with Crippen molar-refractivity contribution in [3.63, 3.8) is 0 Å². The molecule has 0 aliphatic carbocycles. The molecule has 0 aromatic rings. The first kappa shape index (κ1) is 17.4. The molecule has 0 aromatic heterocycles. The van der Waals surface area contributed by atoms with Crippen LogP contribution in [0.25, 0.3) is 0 Å². The van der Waals surface area contributed by atoms with Gasteiger partial charge in [0.25, 0.3) is 10.2 Å². The van der Waals surface area contributed by atoms with Gasteiger partial charge in [-0.1, -0.05) is 6.08 Å². The van der Waals surface area contributed by atoms with Crippen molar-refractivity contribution < 1.29 is 13.2 Å². The summed E-state index contributed by atoms with van der Waals surface area (Å²) in [6, 6.07) is 0.171. The summed E-state index contributed by atoms with van der Waals surface area (Å²) in [5.41, 5.74) is 0.768. The summed E-state index contributed by atoms with van der Waals surface area (Å²) < 4.78 is 27.4. The van der Waals surface area contributed by atoms with Gasteiger partial charge in [-0.3, -0.25) is 4.79 Å². The van der Waals surface area contributed by atoms with Crippen molar-refractivity contribution in [2.75, 3.05) is 33.7 Å². The fourth-order valence-corrected chi connectivity index (χ4v) is 4.59. The third-order valence-corrected chi connectivity index (χ3v) is 6.76. The molecule has 22 heavy (non-hydrogen) atoms. The highest BCUT2D eigenvalue weighted by atomic mass is 32.2. The third kappa shape index (κ3) is 3.21. The van der Waals surface area contributed by atoms with Gasteiger partial charge in [0.15, 0.2) is 0 Å². The van der Waals surface area contributed by atoms with Gasteiger partial charge in [0.05, 0.1) is 0 Å². The molecule has 2 heterocycles. The number of amides is 1. The maximum Gasteiger partial charge on any atom is 0.281 e. The summed E-state index contributed by atoms with van der Waals surface area (Å²) in [6.45, 7) is 5.51. The van der Waals surface area contributed by atoms with Gasteiger partial charge in [0, 0.05) is 45.3 Å². The fraction of sp³-hybridized carbons (Fsp3) is 0.800. The van der Waals surface area contributed by atoms with Crippen LogP contribution in [0.15, 0.2) is 11.6 Å². The van der Waals surface area contributed by atoms with Crippen LogP contribution in [-0.2, 0) is 15.0 Å². The number of fused-ring (bicyclic) bond motifs is 1. The fourth-order valence-electron chi connectivity index (χ4n) is 3.41. The normalized spacial score (nSPS) is 27.9. The lowest BCUT2D eigenvalue weighted by atomic mass is 9.84. The molecular formula is C15H27N3O3S. The topological polar surface area (TPSA) is 60.9 Å². The standard InChI is InChI=1S/C15H27N3O3S/c1-5-12(2)15(19)18-9-6-7-13-11-17(10-8-14(13)18)22(20,21)16(3)4/h5,13-14H,6-11H2,1-4H3/b12-5+/t13-,14+/m0/s1. The Morgan fingerprint density at radius 1 is 1.23 bits per heavy atom. The first-order chi connectivity index (χ1) is 10.3. The number of carbonyl (C=O) groups excluding carboxylic acids is 1. The van der Waals surface area contributed by atoms with Crippen LogP contribution >= 0.6 is 0 Å². The number of hydrogen-bond donors (Lipinski definition) is 0. The number of rotatable bonds is 3. The van der Waals surface area contributed by atoms with Crippen LogP contribution in [0.2, 0.25) is 0 Å². The van der Waals surface area contributed by atoms with Crippen LogP contribution in [0.1, 0.15) is 33.1 Å². The maximum absolute atomic E-state index is 12.5. The summed E-state index contributed by atoms with van der Waals surface area (Å²) in [4.78, 5) is 14.4. The van der Waals surface area contributed by atoms with Crippen molar-refractivity contribution in [2.24, 2.45) is 5.92 Å². The number of allylic oxidation sites excluding steroid dienone is 1. The van der Waals surface area contributed by atoms with Gasteiger partial charge in [0.2, 0.25) is 5.91 Å². The van der Waals surface area contributed by atoms with Crippen LogP contribution in [0.5, 0.6) is 0 Å². The Morgan fingerprint density at radius 2 is 1.91 bits per heavy atom. The van der Waals surface area contributed by atoms with Crippen LogP contribution in [0.4, 0.5) is 0 Å². The summed E-state index contributed by atoms with van der Waals surface area (Å²) >= 11 is 0. The molecule has 2 atom stereocenters. The minimum atomic E-state index is -3.36. The van der Waals surface area contributed by atoms with E-state index in [4.69, 9.17) is 0 Å². The second-order valence-corrected chi connectivity index (χ2v) is 8.52. The lowest BCUT2D eigenvalue weighted by Gasteiger charge is -2.47. The van der Waals surface area contributed by atoms with Crippen molar-refractivity contribution in [1.29, 1.82) is 0 Å². The predicted octanol–water partition coefficient (Wildman–Crippen LogP) is 1.07. The Kier molecular flexibility index (Phi) is 5.29. The van der Waals surface area contributed by atoms with Gasteiger partial charge < -0.3 is 4.90 Å². The molecule has 126 valence electrons. The van der Waals surface area contributed by atoms with E-state index in [-0.39, 0.29) is 17.9 Å². The number of nitrogens with zero attached hydrogens (tertiary/aromatic N) is 3. The Hall–Kier alpha value is -0.920. The van der Waals surface area contributed by atoms with Gasteiger partial charge in [-0.2, -0.15) is 17.0 Å². The Morgan fingerprint density at radius 3 is 2.50 bits per heavy atom. The van der Waals surface area contributed by atoms with E-state index in [9.17, 15) is 13.2 Å². The van der Waals surface area contributed by atoms with Crippen molar-refractivity contribution in [3.05, 3.63) is 11.6 Å². The minimum Gasteiger partial charge on any atom is -0.336 e. The van der Waals surface area contributed by atoms with Crippen molar-refractivity contribution in [3.8, 4) is 0 Å². The molecule has 6 nitrogen and oxygen atoms in total. The molecule has 2 fully saturated rings. The lowest BCUT2D eigenvalue weighted by molar-refractivity contribution is -0.133. The van der Waals surface area contributed by atoms with E-state index in [1.54, 1.807) is 18.4 Å². The average molecular weight is 329 g/mol. The average Bonchev–Trinajstić information content (AvgIpc) is 2.52. The van der Waals surface area contributed by atoms with Crippen LogP contribution in [0, 0.1) is 5.92 Å². The summed E-state index contributed by atoms with van der Waals surface area (Å²) in [5, 5.41) is 0. The van der Waals surface area contributed by atoms with Gasteiger partial charge in [-0.05, 0) is 39.0 Å². The molecule has 0 aromatic carbocycles. The highest BCUT2D eigenvalue weighted by Gasteiger charge is 2.41. The Balaban J connectivity index is 2.14. The molecule has 7 heteroatoms.